The van der Waals surface area contributed by atoms with Gasteiger partial charge >= 0.3 is 0 Å². The third-order valence-electron chi connectivity index (χ3n) is 1.59. The topological polar surface area (TPSA) is 17.8 Å². The predicted molar refractivity (Wildman–Crippen MR) is 34.1 cm³/mol. The molecule has 0 aliphatic heterocycles. The van der Waals surface area contributed by atoms with Crippen LogP contribution < -0.4 is 0 Å². The highest BCUT2D eigenvalue weighted by Gasteiger charge is 2.23. The number of nitrogens with zero attached hydrogens (tertiary/aromatic N) is 2. The zero-order valence-electron chi connectivity index (χ0n) is 5.46. The molecule has 0 unspecified atom stereocenters. The van der Waals surface area contributed by atoms with Crippen molar-refractivity contribution >= 4 is 0 Å². The highest BCUT2D eigenvalue weighted by molar-refractivity contribution is 4.95. The minimum atomic E-state index is 0.704. The first-order valence-corrected chi connectivity index (χ1v) is 3.30. The van der Waals surface area contributed by atoms with Crippen molar-refractivity contribution in [1.29, 1.82) is 0 Å². The second-order valence-electron chi connectivity index (χ2n) is 2.57. The summed E-state index contributed by atoms with van der Waals surface area (Å²) >= 11 is 0. The maximum absolute atomic E-state index is 4.23. The third kappa shape index (κ3) is 0.846. The molecular weight excluding hydrogens is 112 g/mol. The van der Waals surface area contributed by atoms with Crippen LogP contribution >= 0.6 is 0 Å². The zero-order chi connectivity index (χ0) is 6.27. The summed E-state index contributed by atoms with van der Waals surface area (Å²) in [4.78, 5) is 0. The fraction of sp³-hybridized carbons (Fsp3) is 0.571. The minimum absolute atomic E-state index is 0.704. The van der Waals surface area contributed by atoms with Crippen molar-refractivity contribution in [3.05, 3.63) is 18.0 Å². The Bertz CT molecular complexity index is 210. The second-order valence-corrected chi connectivity index (χ2v) is 2.57. The van der Waals surface area contributed by atoms with Crippen LogP contribution in [0.25, 0.3) is 0 Å². The predicted octanol–water partition coefficient (Wildman–Crippen LogP) is 1.33. The van der Waals surface area contributed by atoms with E-state index in [1.54, 1.807) is 0 Å². The van der Waals surface area contributed by atoms with E-state index in [0.29, 0.717) is 6.04 Å². The fourth-order valence-corrected chi connectivity index (χ4v) is 0.917. The molecule has 0 atom stereocenters. The van der Waals surface area contributed by atoms with Crippen LogP contribution in [0.15, 0.2) is 6.20 Å². The van der Waals surface area contributed by atoms with E-state index in [1.807, 2.05) is 17.8 Å². The molecule has 0 spiro atoms. The number of rotatable bonds is 1. The average molecular weight is 121 g/mol. The Morgan fingerprint density at radius 2 is 2.56 bits per heavy atom. The molecule has 1 aromatic rings. The normalized spacial score (nSPS) is 18.3. The van der Waals surface area contributed by atoms with Gasteiger partial charge < -0.3 is 0 Å². The van der Waals surface area contributed by atoms with E-state index < -0.39 is 0 Å². The van der Waals surface area contributed by atoms with Gasteiger partial charge in [0.25, 0.3) is 0 Å². The smallest absolute Gasteiger partial charge is 0.0673 e. The Balaban J connectivity index is 2.28. The standard InChI is InChI=1S/C7H9N2/c1-6-4-5-9(8-6)7-2-3-7/h5,7H,2-3H2,1H3. The SMILES string of the molecule is Cc1[c]cn(C2CC2)n1. The highest BCUT2D eigenvalue weighted by atomic mass is 15.3. The van der Waals surface area contributed by atoms with Crippen LogP contribution in [0.5, 0.6) is 0 Å². The lowest BCUT2D eigenvalue weighted by atomic mass is 10.5. The van der Waals surface area contributed by atoms with E-state index in [1.165, 1.54) is 12.8 Å². The minimum Gasteiger partial charge on any atom is -0.269 e. The largest absolute Gasteiger partial charge is 0.269 e. The highest BCUT2D eigenvalue weighted by Crippen LogP contribution is 2.33. The van der Waals surface area contributed by atoms with Crippen molar-refractivity contribution in [2.45, 2.75) is 25.8 Å². The molecular formula is C7H9N2. The molecule has 2 nitrogen and oxygen atoms in total. The van der Waals surface area contributed by atoms with Gasteiger partial charge in [-0.1, -0.05) is 0 Å². The molecule has 0 amide bonds. The van der Waals surface area contributed by atoms with Crippen LogP contribution in [-0.2, 0) is 0 Å². The second kappa shape index (κ2) is 1.59. The number of hydrogen-bond donors (Lipinski definition) is 0. The molecule has 1 aromatic heterocycles. The van der Waals surface area contributed by atoms with Crippen LogP contribution in [0.3, 0.4) is 0 Å². The van der Waals surface area contributed by atoms with Gasteiger partial charge in [0, 0.05) is 12.3 Å². The molecule has 0 N–H and O–H groups in total. The fourth-order valence-electron chi connectivity index (χ4n) is 0.917. The van der Waals surface area contributed by atoms with Crippen LogP contribution in [0, 0.1) is 13.0 Å². The summed E-state index contributed by atoms with van der Waals surface area (Å²) in [5.41, 5.74) is 1.00. The number of hydrogen-bond acceptors (Lipinski definition) is 1. The third-order valence-corrected chi connectivity index (χ3v) is 1.59. The summed E-state index contributed by atoms with van der Waals surface area (Å²) in [5.74, 6) is 0. The monoisotopic (exact) mass is 121 g/mol. The van der Waals surface area contributed by atoms with E-state index in [9.17, 15) is 0 Å². The van der Waals surface area contributed by atoms with Crippen molar-refractivity contribution in [3.63, 3.8) is 0 Å². The molecule has 2 rings (SSSR count). The number of aromatic nitrogens is 2. The molecule has 1 radical (unpaired) electrons. The Kier molecular flexibility index (Phi) is 0.891. The van der Waals surface area contributed by atoms with Gasteiger partial charge in [-0.05, 0) is 19.8 Å². The van der Waals surface area contributed by atoms with Crippen molar-refractivity contribution in [3.8, 4) is 0 Å². The first-order valence-electron chi connectivity index (χ1n) is 3.30. The maximum atomic E-state index is 4.23. The summed E-state index contributed by atoms with van der Waals surface area (Å²) in [6, 6.07) is 3.75. The van der Waals surface area contributed by atoms with Gasteiger partial charge in [-0.25, -0.2) is 0 Å². The van der Waals surface area contributed by atoms with E-state index in [-0.39, 0.29) is 0 Å². The van der Waals surface area contributed by atoms with Crippen LogP contribution in [0.4, 0.5) is 0 Å². The van der Waals surface area contributed by atoms with Crippen LogP contribution in [0.1, 0.15) is 24.6 Å². The van der Waals surface area contributed by atoms with E-state index in [2.05, 4.69) is 11.2 Å². The van der Waals surface area contributed by atoms with Crippen molar-refractivity contribution in [2.75, 3.05) is 0 Å². The van der Waals surface area contributed by atoms with E-state index in [0.717, 1.165) is 5.69 Å². The first kappa shape index (κ1) is 5.03. The lowest BCUT2D eigenvalue weighted by Crippen LogP contribution is -1.93. The maximum Gasteiger partial charge on any atom is 0.0673 e. The molecule has 47 valence electrons. The van der Waals surface area contributed by atoms with Crippen molar-refractivity contribution in [2.24, 2.45) is 0 Å². The van der Waals surface area contributed by atoms with Gasteiger partial charge in [-0.2, -0.15) is 5.10 Å². The summed E-state index contributed by atoms with van der Waals surface area (Å²) in [5, 5.41) is 4.23. The molecule has 1 saturated carbocycles. The van der Waals surface area contributed by atoms with Gasteiger partial charge in [-0.15, -0.1) is 0 Å². The van der Waals surface area contributed by atoms with Crippen molar-refractivity contribution < 1.29 is 0 Å². The summed E-state index contributed by atoms with van der Waals surface area (Å²) in [6.45, 7) is 1.97. The summed E-state index contributed by atoms with van der Waals surface area (Å²) < 4.78 is 2.01. The van der Waals surface area contributed by atoms with E-state index in [4.69, 9.17) is 0 Å². The Morgan fingerprint density at radius 1 is 1.78 bits per heavy atom. The van der Waals surface area contributed by atoms with Crippen LogP contribution in [0.2, 0.25) is 0 Å². The summed E-state index contributed by atoms with van der Waals surface area (Å²) in [6.07, 6.45) is 4.54. The molecule has 1 heterocycles. The van der Waals surface area contributed by atoms with Gasteiger partial charge in [0.15, 0.2) is 0 Å². The Hall–Kier alpha value is -0.790. The van der Waals surface area contributed by atoms with Gasteiger partial charge in [-0.3, -0.25) is 4.68 Å². The van der Waals surface area contributed by atoms with Crippen molar-refractivity contribution in [1.82, 2.24) is 9.78 Å². The van der Waals surface area contributed by atoms with Gasteiger partial charge in [0.05, 0.1) is 11.7 Å². The van der Waals surface area contributed by atoms with E-state index >= 15 is 0 Å². The molecule has 1 aliphatic rings. The molecule has 1 fully saturated rings. The molecule has 0 aromatic carbocycles. The van der Waals surface area contributed by atoms with Crippen LogP contribution in [-0.4, -0.2) is 9.78 Å². The molecule has 0 saturated heterocycles. The summed E-state index contributed by atoms with van der Waals surface area (Å²) in [7, 11) is 0. The Labute approximate surface area is 54.5 Å². The molecule has 1 aliphatic carbocycles. The average Bonchev–Trinajstić information content (AvgIpc) is 2.58. The quantitative estimate of drug-likeness (QED) is 0.548. The van der Waals surface area contributed by atoms with Gasteiger partial charge in [0.1, 0.15) is 0 Å². The number of aryl methyl sites for hydroxylation is 1. The molecule has 0 bridgehead atoms. The first-order chi connectivity index (χ1) is 4.36. The lowest BCUT2D eigenvalue weighted by Gasteiger charge is -1.92. The van der Waals surface area contributed by atoms with Gasteiger partial charge in [0.2, 0.25) is 0 Å². The Morgan fingerprint density at radius 3 is 3.00 bits per heavy atom. The molecule has 2 heteroatoms. The zero-order valence-corrected chi connectivity index (χ0v) is 5.46. The lowest BCUT2D eigenvalue weighted by molar-refractivity contribution is 0.635. The molecule has 9 heavy (non-hydrogen) atoms.